The first-order valence-corrected chi connectivity index (χ1v) is 6.81. The average molecular weight is 290 g/mol. The highest BCUT2D eigenvalue weighted by atomic mass is 35.5. The molecule has 0 saturated carbocycles. The van der Waals surface area contributed by atoms with E-state index in [9.17, 15) is 5.11 Å². The van der Waals surface area contributed by atoms with Crippen LogP contribution in [0.5, 0.6) is 0 Å². The number of halogens is 1. The Morgan fingerprint density at radius 2 is 2.11 bits per heavy atom. The van der Waals surface area contributed by atoms with Crippen molar-refractivity contribution in [1.82, 2.24) is 14.7 Å². The lowest BCUT2D eigenvalue weighted by molar-refractivity contribution is 0.0418. The van der Waals surface area contributed by atoms with Crippen LogP contribution in [-0.2, 0) is 18.3 Å². The third kappa shape index (κ3) is 4.45. The molecular weight excluding hydrogens is 266 g/mol. The molecule has 0 saturated heterocycles. The normalized spacial score (nSPS) is 13.5. The largest absolute Gasteiger partial charge is 0.389 e. The lowest BCUT2D eigenvalue weighted by atomic mass is 10.1. The molecule has 1 unspecified atom stereocenters. The number of aryl methyl sites for hydroxylation is 1. The van der Waals surface area contributed by atoms with Crippen LogP contribution in [0.3, 0.4) is 0 Å². The van der Waals surface area contributed by atoms with Crippen LogP contribution in [0.2, 0.25) is 5.15 Å². The van der Waals surface area contributed by atoms with Gasteiger partial charge >= 0.3 is 0 Å². The van der Waals surface area contributed by atoms with Crippen LogP contribution in [0.15, 0.2) is 0 Å². The lowest BCUT2D eigenvalue weighted by Crippen LogP contribution is -2.31. The van der Waals surface area contributed by atoms with Gasteiger partial charge in [0.1, 0.15) is 5.15 Å². The molecule has 0 spiro atoms. The Morgan fingerprint density at radius 1 is 1.47 bits per heavy atom. The minimum atomic E-state index is -0.493. The quantitative estimate of drug-likeness (QED) is 0.829. The number of methoxy groups -OCH3 is 1. The zero-order valence-electron chi connectivity index (χ0n) is 12.4. The molecule has 1 heterocycles. The molecule has 0 fully saturated rings. The van der Waals surface area contributed by atoms with E-state index >= 15 is 0 Å². The van der Waals surface area contributed by atoms with Gasteiger partial charge < -0.3 is 9.84 Å². The fourth-order valence-electron chi connectivity index (χ4n) is 2.12. The second-order valence-corrected chi connectivity index (χ2v) is 5.60. The highest BCUT2D eigenvalue weighted by Crippen LogP contribution is 2.26. The van der Waals surface area contributed by atoms with Gasteiger partial charge in [-0.25, -0.2) is 0 Å². The molecule has 0 aromatic carbocycles. The summed E-state index contributed by atoms with van der Waals surface area (Å²) in [7, 11) is 5.38. The first-order chi connectivity index (χ1) is 8.86. The maximum Gasteiger partial charge on any atom is 0.131 e. The monoisotopic (exact) mass is 289 g/mol. The molecule has 1 N–H and O–H groups in total. The molecule has 1 aromatic rings. The predicted octanol–water partition coefficient (Wildman–Crippen LogP) is 1.64. The first kappa shape index (κ1) is 16.4. The van der Waals surface area contributed by atoms with Crippen LogP contribution in [-0.4, -0.2) is 53.2 Å². The number of aromatic nitrogens is 2. The van der Waals surface area contributed by atoms with Gasteiger partial charge in [0.2, 0.25) is 0 Å². The van der Waals surface area contributed by atoms with Gasteiger partial charge in [-0.1, -0.05) is 25.4 Å². The van der Waals surface area contributed by atoms with Crippen molar-refractivity contribution in [2.24, 2.45) is 7.05 Å². The topological polar surface area (TPSA) is 50.5 Å². The van der Waals surface area contributed by atoms with Crippen LogP contribution >= 0.6 is 11.6 Å². The molecule has 0 amide bonds. The van der Waals surface area contributed by atoms with Crippen molar-refractivity contribution < 1.29 is 9.84 Å². The van der Waals surface area contributed by atoms with Gasteiger partial charge in [0, 0.05) is 32.8 Å². The van der Waals surface area contributed by atoms with E-state index in [0.717, 1.165) is 11.3 Å². The second-order valence-electron chi connectivity index (χ2n) is 5.24. The summed E-state index contributed by atoms with van der Waals surface area (Å²) in [5, 5.41) is 14.8. The summed E-state index contributed by atoms with van der Waals surface area (Å²) in [6.07, 6.45) is -0.493. The number of rotatable bonds is 7. The zero-order valence-corrected chi connectivity index (χ0v) is 13.1. The van der Waals surface area contributed by atoms with Crippen molar-refractivity contribution in [3.8, 4) is 0 Å². The fourth-order valence-corrected chi connectivity index (χ4v) is 2.31. The van der Waals surface area contributed by atoms with Crippen LogP contribution in [0, 0.1) is 0 Å². The number of aliphatic hydroxyl groups is 1. The minimum absolute atomic E-state index is 0.325. The third-order valence-electron chi connectivity index (χ3n) is 2.96. The van der Waals surface area contributed by atoms with E-state index in [1.54, 1.807) is 11.8 Å². The van der Waals surface area contributed by atoms with E-state index in [-0.39, 0.29) is 0 Å². The lowest BCUT2D eigenvalue weighted by Gasteiger charge is -2.20. The van der Waals surface area contributed by atoms with E-state index in [2.05, 4.69) is 18.9 Å². The molecule has 6 heteroatoms. The van der Waals surface area contributed by atoms with Crippen molar-refractivity contribution in [2.75, 3.05) is 27.3 Å². The van der Waals surface area contributed by atoms with Gasteiger partial charge in [0.15, 0.2) is 0 Å². The van der Waals surface area contributed by atoms with Gasteiger partial charge in [0.25, 0.3) is 0 Å². The SMILES string of the molecule is COCC(O)CN(C)Cc1c(C(C)C)nn(C)c1Cl. The van der Waals surface area contributed by atoms with Crippen molar-refractivity contribution in [2.45, 2.75) is 32.4 Å². The van der Waals surface area contributed by atoms with Crippen molar-refractivity contribution >= 4 is 11.6 Å². The molecule has 0 aliphatic heterocycles. The Labute approximate surface area is 120 Å². The van der Waals surface area contributed by atoms with Gasteiger partial charge in [-0.05, 0) is 13.0 Å². The molecule has 1 atom stereocenters. The molecular formula is C13H24ClN3O2. The molecule has 110 valence electrons. The molecule has 0 bridgehead atoms. The van der Waals surface area contributed by atoms with E-state index in [1.807, 2.05) is 19.0 Å². The van der Waals surface area contributed by atoms with Crippen LogP contribution < -0.4 is 0 Å². The smallest absolute Gasteiger partial charge is 0.131 e. The number of aliphatic hydroxyl groups excluding tert-OH is 1. The van der Waals surface area contributed by atoms with Gasteiger partial charge in [0.05, 0.1) is 18.4 Å². The number of ether oxygens (including phenoxy) is 1. The Morgan fingerprint density at radius 3 is 2.63 bits per heavy atom. The van der Waals surface area contributed by atoms with Crippen LogP contribution in [0.1, 0.15) is 31.0 Å². The van der Waals surface area contributed by atoms with Gasteiger partial charge in [-0.3, -0.25) is 9.58 Å². The molecule has 19 heavy (non-hydrogen) atoms. The van der Waals surface area contributed by atoms with Crippen molar-refractivity contribution in [3.05, 3.63) is 16.4 Å². The van der Waals surface area contributed by atoms with E-state index in [0.29, 0.717) is 30.8 Å². The fraction of sp³-hybridized carbons (Fsp3) is 0.769. The third-order valence-corrected chi connectivity index (χ3v) is 3.43. The molecule has 0 aliphatic carbocycles. The van der Waals surface area contributed by atoms with Crippen LogP contribution in [0.25, 0.3) is 0 Å². The Balaban J connectivity index is 2.75. The summed E-state index contributed by atoms with van der Waals surface area (Å²) in [6.45, 7) is 5.74. The van der Waals surface area contributed by atoms with Crippen LogP contribution in [0.4, 0.5) is 0 Å². The zero-order chi connectivity index (χ0) is 14.6. The van der Waals surface area contributed by atoms with Crippen molar-refractivity contribution in [1.29, 1.82) is 0 Å². The predicted molar refractivity (Wildman–Crippen MR) is 76.5 cm³/mol. The van der Waals surface area contributed by atoms with Crippen molar-refractivity contribution in [3.63, 3.8) is 0 Å². The van der Waals surface area contributed by atoms with Gasteiger partial charge in [-0.15, -0.1) is 0 Å². The highest BCUT2D eigenvalue weighted by molar-refractivity contribution is 6.30. The molecule has 1 rings (SSSR count). The molecule has 5 nitrogen and oxygen atoms in total. The number of likely N-dealkylation sites (N-methyl/N-ethyl adjacent to an activating group) is 1. The average Bonchev–Trinajstić information content (AvgIpc) is 2.57. The van der Waals surface area contributed by atoms with E-state index in [4.69, 9.17) is 16.3 Å². The number of hydrogen-bond acceptors (Lipinski definition) is 4. The summed E-state index contributed by atoms with van der Waals surface area (Å²) < 4.78 is 6.63. The standard InChI is InChI=1S/C13H24ClN3O2/c1-9(2)12-11(13(14)17(4)15-12)7-16(3)6-10(18)8-19-5/h9-10,18H,6-8H2,1-5H3. The van der Waals surface area contributed by atoms with E-state index in [1.165, 1.54) is 0 Å². The first-order valence-electron chi connectivity index (χ1n) is 6.43. The molecule has 0 aliphatic rings. The number of nitrogens with zero attached hydrogens (tertiary/aromatic N) is 3. The summed E-state index contributed by atoms with van der Waals surface area (Å²) in [5.41, 5.74) is 2.05. The maximum absolute atomic E-state index is 9.73. The summed E-state index contributed by atoms with van der Waals surface area (Å²) >= 11 is 6.29. The van der Waals surface area contributed by atoms with E-state index < -0.39 is 6.10 Å². The highest BCUT2D eigenvalue weighted by Gasteiger charge is 2.19. The second kappa shape index (κ2) is 7.24. The molecule has 0 radical (unpaired) electrons. The summed E-state index contributed by atoms with van der Waals surface area (Å²) in [6, 6.07) is 0. The summed E-state index contributed by atoms with van der Waals surface area (Å²) in [5.74, 6) is 0.325. The Hall–Kier alpha value is -0.620. The maximum atomic E-state index is 9.73. The van der Waals surface area contributed by atoms with Gasteiger partial charge in [-0.2, -0.15) is 5.10 Å². The molecule has 1 aromatic heterocycles. The Kier molecular flexibility index (Phi) is 6.26. The Bertz CT molecular complexity index is 407. The minimum Gasteiger partial charge on any atom is -0.389 e. The number of hydrogen-bond donors (Lipinski definition) is 1. The summed E-state index contributed by atoms with van der Waals surface area (Å²) in [4.78, 5) is 2.03.